The first kappa shape index (κ1) is 15.2. The van der Waals surface area contributed by atoms with Gasteiger partial charge in [0.2, 0.25) is 0 Å². The lowest BCUT2D eigenvalue weighted by Gasteiger charge is -2.05. The average molecular weight is 264 g/mol. The monoisotopic (exact) mass is 264 g/mol. The van der Waals surface area contributed by atoms with E-state index in [0.717, 1.165) is 24.8 Å². The quantitative estimate of drug-likeness (QED) is 0.431. The minimum absolute atomic E-state index is 0.187. The molecule has 4 nitrogen and oxygen atoms in total. The van der Waals surface area contributed by atoms with Crippen molar-refractivity contribution in [3.05, 3.63) is 35.9 Å². The Balaban J connectivity index is 2.14. The largest absolute Gasteiger partial charge is 0.457 e. The average Bonchev–Trinajstić information content (AvgIpc) is 2.44. The van der Waals surface area contributed by atoms with E-state index in [1.54, 1.807) is 0 Å². The van der Waals surface area contributed by atoms with E-state index in [0.29, 0.717) is 6.42 Å². The fourth-order valence-electron chi connectivity index (χ4n) is 1.54. The minimum atomic E-state index is -0.910. The van der Waals surface area contributed by atoms with Gasteiger partial charge in [0.1, 0.15) is 0 Å². The molecule has 0 bridgehead atoms. The van der Waals surface area contributed by atoms with Crippen molar-refractivity contribution in [2.75, 3.05) is 13.2 Å². The van der Waals surface area contributed by atoms with Gasteiger partial charge in [-0.2, -0.15) is 0 Å². The Hall–Kier alpha value is -1.84. The standard InChI is InChI=1S/C15H20O4/c1-2-3-7-11-18-14(16)15(17)19-12-10-13-8-5-4-6-9-13/h4-6,8-9H,2-3,7,10-12H2,1H3. The second-order valence-electron chi connectivity index (χ2n) is 4.21. The summed E-state index contributed by atoms with van der Waals surface area (Å²) in [4.78, 5) is 22.6. The summed E-state index contributed by atoms with van der Waals surface area (Å²) in [6.45, 7) is 2.52. The van der Waals surface area contributed by atoms with Crippen molar-refractivity contribution in [1.82, 2.24) is 0 Å². The van der Waals surface area contributed by atoms with Crippen molar-refractivity contribution >= 4 is 11.9 Å². The number of ether oxygens (including phenoxy) is 2. The maximum absolute atomic E-state index is 11.3. The molecule has 4 heteroatoms. The lowest BCUT2D eigenvalue weighted by atomic mass is 10.2. The van der Waals surface area contributed by atoms with E-state index in [9.17, 15) is 9.59 Å². The van der Waals surface area contributed by atoms with Gasteiger partial charge in [-0.15, -0.1) is 0 Å². The number of hydrogen-bond donors (Lipinski definition) is 0. The molecule has 0 aromatic heterocycles. The molecule has 0 aliphatic rings. The maximum Gasteiger partial charge on any atom is 0.417 e. The predicted molar refractivity (Wildman–Crippen MR) is 71.6 cm³/mol. The maximum atomic E-state index is 11.3. The van der Waals surface area contributed by atoms with E-state index >= 15 is 0 Å². The van der Waals surface area contributed by atoms with Crippen LogP contribution in [0.4, 0.5) is 0 Å². The van der Waals surface area contributed by atoms with Crippen LogP contribution in [0.25, 0.3) is 0 Å². The van der Waals surface area contributed by atoms with Crippen molar-refractivity contribution in [2.24, 2.45) is 0 Å². The van der Waals surface area contributed by atoms with Gasteiger partial charge in [-0.3, -0.25) is 0 Å². The molecule has 0 saturated heterocycles. The molecule has 1 rings (SSSR count). The highest BCUT2D eigenvalue weighted by atomic mass is 16.6. The number of rotatable bonds is 7. The third kappa shape index (κ3) is 6.60. The van der Waals surface area contributed by atoms with Crippen LogP contribution in [0.2, 0.25) is 0 Å². The Morgan fingerprint density at radius 3 is 2.21 bits per heavy atom. The van der Waals surface area contributed by atoms with Crippen LogP contribution in [0.5, 0.6) is 0 Å². The van der Waals surface area contributed by atoms with Gasteiger partial charge in [0.05, 0.1) is 13.2 Å². The Morgan fingerprint density at radius 2 is 1.58 bits per heavy atom. The highest BCUT2D eigenvalue weighted by molar-refractivity contribution is 6.29. The number of carbonyl (C=O) groups excluding carboxylic acids is 2. The Kier molecular flexibility index (Phi) is 7.32. The highest BCUT2D eigenvalue weighted by Crippen LogP contribution is 2.00. The van der Waals surface area contributed by atoms with E-state index in [1.807, 2.05) is 30.3 Å². The normalized spacial score (nSPS) is 9.95. The SMILES string of the molecule is CCCCCOC(=O)C(=O)OCCc1ccccc1. The summed E-state index contributed by atoms with van der Waals surface area (Å²) in [6, 6.07) is 9.63. The summed E-state index contributed by atoms with van der Waals surface area (Å²) in [6.07, 6.45) is 3.39. The first-order valence-electron chi connectivity index (χ1n) is 6.62. The van der Waals surface area contributed by atoms with Crippen LogP contribution in [-0.4, -0.2) is 25.2 Å². The van der Waals surface area contributed by atoms with Crippen LogP contribution in [-0.2, 0) is 25.5 Å². The molecule has 0 heterocycles. The summed E-state index contributed by atoms with van der Waals surface area (Å²) in [5.74, 6) is -1.81. The molecule has 0 N–H and O–H groups in total. The van der Waals surface area contributed by atoms with Gasteiger partial charge in [0.15, 0.2) is 0 Å². The number of esters is 2. The van der Waals surface area contributed by atoms with Gasteiger partial charge >= 0.3 is 11.9 Å². The molecule has 0 spiro atoms. The molecule has 0 atom stereocenters. The summed E-state index contributed by atoms with van der Waals surface area (Å²) in [7, 11) is 0. The topological polar surface area (TPSA) is 52.6 Å². The van der Waals surface area contributed by atoms with E-state index in [2.05, 4.69) is 6.92 Å². The van der Waals surface area contributed by atoms with Gasteiger partial charge in [-0.1, -0.05) is 50.1 Å². The van der Waals surface area contributed by atoms with E-state index in [-0.39, 0.29) is 13.2 Å². The second kappa shape index (κ2) is 9.14. The molecule has 0 saturated carbocycles. The van der Waals surface area contributed by atoms with Crippen molar-refractivity contribution in [3.63, 3.8) is 0 Å². The van der Waals surface area contributed by atoms with E-state index in [4.69, 9.17) is 9.47 Å². The van der Waals surface area contributed by atoms with Gasteiger partial charge in [0.25, 0.3) is 0 Å². The lowest BCUT2D eigenvalue weighted by molar-refractivity contribution is -0.167. The minimum Gasteiger partial charge on any atom is -0.457 e. The fourth-order valence-corrected chi connectivity index (χ4v) is 1.54. The number of benzene rings is 1. The smallest absolute Gasteiger partial charge is 0.417 e. The molecule has 0 radical (unpaired) electrons. The zero-order valence-corrected chi connectivity index (χ0v) is 11.3. The van der Waals surface area contributed by atoms with Crippen molar-refractivity contribution in [2.45, 2.75) is 32.6 Å². The van der Waals surface area contributed by atoms with Crippen LogP contribution in [0, 0.1) is 0 Å². The molecular formula is C15H20O4. The number of unbranched alkanes of at least 4 members (excludes halogenated alkanes) is 2. The van der Waals surface area contributed by atoms with Gasteiger partial charge in [-0.05, 0) is 12.0 Å². The Bertz CT molecular complexity index is 386. The molecule has 0 fully saturated rings. The zero-order chi connectivity index (χ0) is 13.9. The Labute approximate surface area is 113 Å². The molecule has 19 heavy (non-hydrogen) atoms. The zero-order valence-electron chi connectivity index (χ0n) is 11.3. The molecule has 0 aliphatic carbocycles. The van der Waals surface area contributed by atoms with Crippen LogP contribution < -0.4 is 0 Å². The number of hydrogen-bond acceptors (Lipinski definition) is 4. The van der Waals surface area contributed by atoms with Crippen molar-refractivity contribution in [3.8, 4) is 0 Å². The van der Waals surface area contributed by atoms with Gasteiger partial charge < -0.3 is 9.47 Å². The predicted octanol–water partition coefficient (Wildman–Crippen LogP) is 2.51. The summed E-state index contributed by atoms with van der Waals surface area (Å²) in [5, 5.41) is 0. The molecule has 0 amide bonds. The Morgan fingerprint density at radius 1 is 0.947 bits per heavy atom. The summed E-state index contributed by atoms with van der Waals surface area (Å²) < 4.78 is 9.65. The van der Waals surface area contributed by atoms with Gasteiger partial charge in [-0.25, -0.2) is 9.59 Å². The molecular weight excluding hydrogens is 244 g/mol. The number of carbonyl (C=O) groups is 2. The summed E-state index contributed by atoms with van der Waals surface area (Å²) in [5.41, 5.74) is 1.06. The van der Waals surface area contributed by atoms with Gasteiger partial charge in [0, 0.05) is 6.42 Å². The third-order valence-electron chi connectivity index (χ3n) is 2.61. The van der Waals surface area contributed by atoms with Crippen LogP contribution in [0.1, 0.15) is 31.7 Å². The lowest BCUT2D eigenvalue weighted by Crippen LogP contribution is -2.21. The van der Waals surface area contributed by atoms with E-state index < -0.39 is 11.9 Å². The molecule has 0 unspecified atom stereocenters. The highest BCUT2D eigenvalue weighted by Gasteiger charge is 2.16. The molecule has 0 aliphatic heterocycles. The van der Waals surface area contributed by atoms with E-state index in [1.165, 1.54) is 0 Å². The van der Waals surface area contributed by atoms with Crippen LogP contribution in [0.15, 0.2) is 30.3 Å². The fraction of sp³-hybridized carbons (Fsp3) is 0.467. The first-order valence-corrected chi connectivity index (χ1v) is 6.62. The second-order valence-corrected chi connectivity index (χ2v) is 4.21. The summed E-state index contributed by atoms with van der Waals surface area (Å²) >= 11 is 0. The first-order chi connectivity index (χ1) is 9.24. The third-order valence-corrected chi connectivity index (χ3v) is 2.61. The van der Waals surface area contributed by atoms with Crippen molar-refractivity contribution in [1.29, 1.82) is 0 Å². The molecule has 1 aromatic carbocycles. The molecule has 104 valence electrons. The van der Waals surface area contributed by atoms with Crippen LogP contribution >= 0.6 is 0 Å². The van der Waals surface area contributed by atoms with Crippen LogP contribution in [0.3, 0.4) is 0 Å². The van der Waals surface area contributed by atoms with Crippen molar-refractivity contribution < 1.29 is 19.1 Å². The molecule has 1 aromatic rings.